The number of nitrogens with one attached hydrogen (secondary N) is 1. The van der Waals surface area contributed by atoms with Crippen molar-refractivity contribution in [2.24, 2.45) is 0 Å². The van der Waals surface area contributed by atoms with Crippen LogP contribution >= 0.6 is 15.9 Å². The van der Waals surface area contributed by atoms with Gasteiger partial charge in [0, 0.05) is 35.9 Å². The molecule has 1 heterocycles. The van der Waals surface area contributed by atoms with Crippen molar-refractivity contribution < 1.29 is 32.5 Å². The Morgan fingerprint density at radius 1 is 1.07 bits per heavy atom. The predicted octanol–water partition coefficient (Wildman–Crippen LogP) is 4.32. The Hall–Kier alpha value is -2.44. The highest BCUT2D eigenvalue weighted by Crippen LogP contribution is 2.32. The Labute approximate surface area is 244 Å². The molecule has 0 unspecified atom stereocenters. The minimum absolute atomic E-state index is 0.00501. The van der Waals surface area contributed by atoms with Crippen LogP contribution in [0.1, 0.15) is 50.0 Å². The first kappa shape index (κ1) is 30.5. The van der Waals surface area contributed by atoms with Crippen LogP contribution in [0.2, 0.25) is 0 Å². The Morgan fingerprint density at radius 3 is 2.42 bits per heavy atom. The molecule has 0 saturated heterocycles. The number of carbonyl (C=O) groups excluding carboxylic acids is 1. The van der Waals surface area contributed by atoms with Crippen LogP contribution in [0.4, 0.5) is 0 Å². The maximum atomic E-state index is 13.2. The zero-order valence-electron chi connectivity index (χ0n) is 22.6. The van der Waals surface area contributed by atoms with Gasteiger partial charge >= 0.3 is 0 Å². The van der Waals surface area contributed by atoms with E-state index < -0.39 is 16.3 Å². The molecule has 40 heavy (non-hydrogen) atoms. The maximum Gasteiger partial charge on any atom is 0.286 e. The summed E-state index contributed by atoms with van der Waals surface area (Å²) in [5.41, 5.74) is 1.02. The number of aliphatic hydroxyl groups is 1. The molecule has 2 aromatic carbocycles. The number of nitrogens with zero attached hydrogens (tertiary/aromatic N) is 1. The third-order valence-electron chi connectivity index (χ3n) is 7.21. The molecule has 218 valence electrons. The van der Waals surface area contributed by atoms with E-state index in [0.29, 0.717) is 12.2 Å². The Morgan fingerprint density at radius 2 is 1.77 bits per heavy atom. The lowest BCUT2D eigenvalue weighted by Gasteiger charge is -2.31. The van der Waals surface area contributed by atoms with Crippen LogP contribution in [-0.4, -0.2) is 69.5 Å². The molecule has 1 amide bonds. The first-order chi connectivity index (χ1) is 19.3. The van der Waals surface area contributed by atoms with Crippen molar-refractivity contribution in [3.63, 3.8) is 0 Å². The van der Waals surface area contributed by atoms with Crippen LogP contribution in [0.15, 0.2) is 69.7 Å². The molecule has 1 saturated carbocycles. The fourth-order valence-electron chi connectivity index (χ4n) is 5.01. The topological polar surface area (TPSA) is 114 Å². The van der Waals surface area contributed by atoms with Gasteiger partial charge in [0.1, 0.15) is 5.75 Å². The summed E-state index contributed by atoms with van der Waals surface area (Å²) in [5, 5.41) is 12.6. The van der Waals surface area contributed by atoms with Gasteiger partial charge in [-0.05, 0) is 60.9 Å². The average Bonchev–Trinajstić information content (AvgIpc) is 2.97. The Bertz CT molecular complexity index is 1250. The Balaban J connectivity index is 1.44. The average molecular weight is 638 g/mol. The van der Waals surface area contributed by atoms with Crippen LogP contribution in [0.25, 0.3) is 0 Å². The predicted molar refractivity (Wildman–Crippen MR) is 154 cm³/mol. The van der Waals surface area contributed by atoms with Crippen LogP contribution in [0, 0.1) is 0 Å². The van der Waals surface area contributed by atoms with Crippen LogP contribution in [0.5, 0.6) is 5.75 Å². The van der Waals surface area contributed by atoms with Crippen molar-refractivity contribution in [1.29, 1.82) is 0 Å². The minimum atomic E-state index is -3.87. The van der Waals surface area contributed by atoms with E-state index in [-0.39, 0.29) is 54.8 Å². The lowest BCUT2D eigenvalue weighted by molar-refractivity contribution is -0.147. The highest BCUT2D eigenvalue weighted by Gasteiger charge is 2.31. The molecule has 0 aromatic heterocycles. The van der Waals surface area contributed by atoms with Gasteiger partial charge < -0.3 is 24.6 Å². The van der Waals surface area contributed by atoms with Gasteiger partial charge in [-0.15, -0.1) is 0 Å². The molecular formula is C29H37BrN2O7S. The first-order valence-corrected chi connectivity index (χ1v) is 15.8. The molecule has 0 radical (unpaired) electrons. The third kappa shape index (κ3) is 8.07. The van der Waals surface area contributed by atoms with Gasteiger partial charge in [0.05, 0.1) is 25.2 Å². The molecule has 11 heteroatoms. The number of hydrogen-bond donors (Lipinski definition) is 2. The lowest BCUT2D eigenvalue weighted by atomic mass is 9.92. The first-order valence-electron chi connectivity index (χ1n) is 13.6. The van der Waals surface area contributed by atoms with E-state index in [9.17, 15) is 18.3 Å². The summed E-state index contributed by atoms with van der Waals surface area (Å²) in [6, 6.07) is 14.1. The number of ether oxygens (including phenoxy) is 3. The highest BCUT2D eigenvalue weighted by molar-refractivity contribution is 9.10. The molecule has 1 aliphatic heterocycles. The van der Waals surface area contributed by atoms with E-state index in [1.165, 1.54) is 30.0 Å². The lowest BCUT2D eigenvalue weighted by Crippen LogP contribution is -2.40. The molecule has 4 rings (SSSR count). The van der Waals surface area contributed by atoms with E-state index in [1.54, 1.807) is 12.1 Å². The molecule has 2 aliphatic rings. The highest BCUT2D eigenvalue weighted by atomic mass is 79.9. The van der Waals surface area contributed by atoms with Gasteiger partial charge in [0.25, 0.3) is 5.91 Å². The van der Waals surface area contributed by atoms with E-state index in [1.807, 2.05) is 30.3 Å². The summed E-state index contributed by atoms with van der Waals surface area (Å²) in [6.45, 7) is -0.398. The molecule has 0 bridgehead atoms. The SMILES string of the molecule is COc1ccc(S(=O)(=O)N(CCO)CCO[C@H]2C[C@@H](c3ccc(Br)cc3)C=C(C(=O)NC3CCCCC3)O2)cc1. The standard InChI is InChI=1S/C29H37BrN2O7S/c1-37-25-11-13-26(14-12-25)40(35,36)32(15-17-33)16-18-38-28-20-22(21-7-9-23(30)10-8-21)19-27(39-28)29(34)31-24-5-3-2-4-6-24/h7-14,19,22,24,28,33H,2-6,15-18,20H2,1H3,(H,31,34)/t22-,28+/m0/s1. The molecule has 1 aliphatic carbocycles. The normalized spacial score (nSPS) is 20.1. The molecule has 1 fully saturated rings. The quantitative estimate of drug-likeness (QED) is 0.357. The number of benzene rings is 2. The second-order valence-corrected chi connectivity index (χ2v) is 12.8. The minimum Gasteiger partial charge on any atom is -0.497 e. The second kappa shape index (κ2) is 14.5. The Kier molecular flexibility index (Phi) is 11.0. The van der Waals surface area contributed by atoms with Crippen molar-refractivity contribution in [1.82, 2.24) is 9.62 Å². The van der Waals surface area contributed by atoms with Crippen molar-refractivity contribution in [2.75, 3.05) is 33.4 Å². The summed E-state index contributed by atoms with van der Waals surface area (Å²) in [4.78, 5) is 13.2. The smallest absolute Gasteiger partial charge is 0.286 e. The monoisotopic (exact) mass is 636 g/mol. The summed E-state index contributed by atoms with van der Waals surface area (Å²) >= 11 is 3.47. The van der Waals surface area contributed by atoms with Gasteiger partial charge in [-0.25, -0.2) is 8.42 Å². The number of allylic oxidation sites excluding steroid dienone is 1. The number of halogens is 1. The molecule has 0 spiro atoms. The van der Waals surface area contributed by atoms with Crippen LogP contribution < -0.4 is 10.1 Å². The molecule has 2 N–H and O–H groups in total. The zero-order chi connectivity index (χ0) is 28.5. The number of aliphatic hydroxyl groups excluding tert-OH is 1. The van der Waals surface area contributed by atoms with Gasteiger partial charge in [-0.3, -0.25) is 4.79 Å². The molecule has 2 atom stereocenters. The second-order valence-electron chi connectivity index (χ2n) is 9.95. The van der Waals surface area contributed by atoms with E-state index in [4.69, 9.17) is 14.2 Å². The summed E-state index contributed by atoms with van der Waals surface area (Å²) in [7, 11) is -2.36. The van der Waals surface area contributed by atoms with E-state index in [2.05, 4.69) is 21.2 Å². The fourth-order valence-corrected chi connectivity index (χ4v) is 6.69. The van der Waals surface area contributed by atoms with Gasteiger partial charge in [-0.2, -0.15) is 4.31 Å². The van der Waals surface area contributed by atoms with Crippen LogP contribution in [-0.2, 0) is 24.3 Å². The molecular weight excluding hydrogens is 600 g/mol. The third-order valence-corrected chi connectivity index (χ3v) is 9.65. The molecule has 9 nitrogen and oxygen atoms in total. The summed E-state index contributed by atoms with van der Waals surface area (Å²) < 4.78 is 45.7. The largest absolute Gasteiger partial charge is 0.497 e. The number of sulfonamides is 1. The van der Waals surface area contributed by atoms with Gasteiger partial charge in [0.15, 0.2) is 5.76 Å². The van der Waals surface area contributed by atoms with Gasteiger partial charge in [-0.1, -0.05) is 47.3 Å². The molecule has 2 aromatic rings. The fraction of sp³-hybridized carbons (Fsp3) is 0.483. The van der Waals surface area contributed by atoms with Gasteiger partial charge in [0.2, 0.25) is 16.3 Å². The maximum absolute atomic E-state index is 13.2. The number of methoxy groups -OCH3 is 1. The number of carbonyl (C=O) groups is 1. The summed E-state index contributed by atoms with van der Waals surface area (Å²) in [6.07, 6.45) is 6.86. The summed E-state index contributed by atoms with van der Waals surface area (Å²) in [5.74, 6) is 0.386. The van der Waals surface area contributed by atoms with Crippen LogP contribution in [0.3, 0.4) is 0 Å². The van der Waals surface area contributed by atoms with Crippen molar-refractivity contribution in [3.05, 3.63) is 70.4 Å². The zero-order valence-corrected chi connectivity index (χ0v) is 25.0. The van der Waals surface area contributed by atoms with Crippen molar-refractivity contribution in [3.8, 4) is 5.75 Å². The number of hydrogen-bond acceptors (Lipinski definition) is 7. The van der Waals surface area contributed by atoms with E-state index in [0.717, 1.165) is 35.7 Å². The number of rotatable bonds is 12. The number of amides is 1. The van der Waals surface area contributed by atoms with Crippen molar-refractivity contribution in [2.45, 2.75) is 61.7 Å². The van der Waals surface area contributed by atoms with E-state index >= 15 is 0 Å². The van der Waals surface area contributed by atoms with Crippen molar-refractivity contribution >= 4 is 31.9 Å².